The van der Waals surface area contributed by atoms with E-state index in [9.17, 15) is 19.2 Å². The van der Waals surface area contributed by atoms with E-state index in [-0.39, 0.29) is 11.1 Å². The van der Waals surface area contributed by atoms with E-state index in [0.717, 1.165) is 44.4 Å². The van der Waals surface area contributed by atoms with E-state index in [4.69, 9.17) is 10.2 Å². The molecule has 0 atom stereocenters. The van der Waals surface area contributed by atoms with Crippen LogP contribution in [-0.4, -0.2) is 42.9 Å². The molecule has 264 valence electrons. The molecule has 8 aromatic rings. The lowest BCUT2D eigenvalue weighted by molar-refractivity contribution is -0.132. The third-order valence-electron chi connectivity index (χ3n) is 9.25. The lowest BCUT2D eigenvalue weighted by atomic mass is 10.0. The van der Waals surface area contributed by atoms with Gasteiger partial charge in [-0.1, -0.05) is 146 Å². The van der Waals surface area contributed by atoms with E-state index in [2.05, 4.69) is 0 Å². The number of ketones is 2. The molecule has 8 rings (SSSR count). The summed E-state index contributed by atoms with van der Waals surface area (Å²) >= 11 is 0. The zero-order chi connectivity index (χ0) is 37.6. The Morgan fingerprint density at radius 1 is 0.407 bits per heavy atom. The molecule has 8 heteroatoms. The van der Waals surface area contributed by atoms with Gasteiger partial charge < -0.3 is 19.3 Å². The average molecular weight is 711 g/mol. The Morgan fingerprint density at radius 2 is 0.741 bits per heavy atom. The van der Waals surface area contributed by atoms with Crippen LogP contribution in [0.4, 0.5) is 0 Å². The summed E-state index contributed by atoms with van der Waals surface area (Å²) in [5.41, 5.74) is 8.43. The molecule has 54 heavy (non-hydrogen) atoms. The summed E-state index contributed by atoms with van der Waals surface area (Å²) < 4.78 is 3.88. The van der Waals surface area contributed by atoms with Crippen molar-refractivity contribution in [1.29, 1.82) is 0 Å². The van der Waals surface area contributed by atoms with E-state index in [1.807, 2.05) is 167 Å². The topological polar surface area (TPSA) is 119 Å². The first-order valence-corrected chi connectivity index (χ1v) is 17.3. The van der Waals surface area contributed by atoms with Gasteiger partial charge in [-0.2, -0.15) is 0 Å². The van der Waals surface area contributed by atoms with Gasteiger partial charge in [-0.3, -0.25) is 9.59 Å². The number of carboxylic acid groups (broad SMARTS) is 2. The number of aromatic nitrogens is 2. The molecule has 0 saturated carbocycles. The van der Waals surface area contributed by atoms with Crippen LogP contribution in [0, 0.1) is 0 Å². The summed E-state index contributed by atoms with van der Waals surface area (Å²) in [6, 6.07) is 51.2. The Kier molecular flexibility index (Phi) is 10.1. The van der Waals surface area contributed by atoms with Gasteiger partial charge >= 0.3 is 11.9 Å². The van der Waals surface area contributed by atoms with Crippen LogP contribution in [0.5, 0.6) is 0 Å². The summed E-state index contributed by atoms with van der Waals surface area (Å²) in [6.45, 7) is 1.12. The molecule has 2 aromatic heterocycles. The van der Waals surface area contributed by atoms with Crippen molar-refractivity contribution in [1.82, 2.24) is 9.13 Å². The lowest BCUT2D eigenvalue weighted by Crippen LogP contribution is -2.12. The molecule has 0 unspecified atom stereocenters. The van der Waals surface area contributed by atoms with Crippen molar-refractivity contribution in [2.24, 2.45) is 0 Å². The molecule has 0 fully saturated rings. The highest BCUT2D eigenvalue weighted by Crippen LogP contribution is 2.30. The first kappa shape index (κ1) is 35.1. The fourth-order valence-corrected chi connectivity index (χ4v) is 6.62. The van der Waals surface area contributed by atoms with Crippen LogP contribution in [0.1, 0.15) is 31.8 Å². The predicted octanol–water partition coefficient (Wildman–Crippen LogP) is 9.25. The Labute approximate surface area is 310 Å². The second-order valence-corrected chi connectivity index (χ2v) is 12.8. The Bertz CT molecular complexity index is 2440. The summed E-state index contributed by atoms with van der Waals surface area (Å²) in [5, 5.41) is 19.6. The number of carbonyl (C=O) groups excluding carboxylic acids is 2. The minimum absolute atomic E-state index is 0.216. The normalized spacial score (nSPS) is 10.8. The number of carboxylic acids is 2. The van der Waals surface area contributed by atoms with Crippen LogP contribution in [0.2, 0.25) is 0 Å². The van der Waals surface area contributed by atoms with Crippen LogP contribution in [0.15, 0.2) is 170 Å². The highest BCUT2D eigenvalue weighted by atomic mass is 16.4. The van der Waals surface area contributed by atoms with Gasteiger partial charge in [0.25, 0.3) is 11.6 Å². The SMILES string of the molecule is O=C(O)C(=O)c1cn(Cc2ccccc2)c2cc(-c3ccccc3)ccc12.O=C(O)C(=O)c1cn(Cc2ccccc2)c2cc(-c3ccccc3)ccc12. The number of benzene rings is 6. The molecule has 0 aliphatic carbocycles. The Morgan fingerprint density at radius 3 is 1.07 bits per heavy atom. The number of aliphatic carboxylic acids is 2. The third-order valence-corrected chi connectivity index (χ3v) is 9.25. The minimum Gasteiger partial charge on any atom is -0.475 e. The molecule has 6 aromatic carbocycles. The van der Waals surface area contributed by atoms with Crippen molar-refractivity contribution < 1.29 is 29.4 Å². The summed E-state index contributed by atoms with van der Waals surface area (Å²) in [4.78, 5) is 46.8. The van der Waals surface area contributed by atoms with Gasteiger partial charge in [-0.25, -0.2) is 9.59 Å². The minimum atomic E-state index is -1.44. The zero-order valence-corrected chi connectivity index (χ0v) is 29.0. The van der Waals surface area contributed by atoms with Crippen LogP contribution in [0.25, 0.3) is 44.1 Å². The largest absolute Gasteiger partial charge is 0.475 e. The molecule has 0 aliphatic heterocycles. The molecule has 0 bridgehead atoms. The van der Waals surface area contributed by atoms with Crippen LogP contribution >= 0.6 is 0 Å². The van der Waals surface area contributed by atoms with E-state index in [1.54, 1.807) is 12.4 Å². The fraction of sp³-hybridized carbons (Fsp3) is 0.0435. The van der Waals surface area contributed by atoms with E-state index < -0.39 is 23.5 Å². The number of carbonyl (C=O) groups is 4. The molecule has 2 N–H and O–H groups in total. The van der Waals surface area contributed by atoms with Gasteiger partial charge in [0.1, 0.15) is 0 Å². The van der Waals surface area contributed by atoms with Gasteiger partial charge in [0, 0.05) is 47.3 Å². The maximum Gasteiger partial charge on any atom is 0.377 e. The maximum absolute atomic E-state index is 12.2. The van der Waals surface area contributed by atoms with Crippen molar-refractivity contribution >= 4 is 45.3 Å². The fourth-order valence-electron chi connectivity index (χ4n) is 6.62. The smallest absolute Gasteiger partial charge is 0.377 e. The van der Waals surface area contributed by atoms with Gasteiger partial charge in [0.2, 0.25) is 0 Å². The number of hydrogen-bond acceptors (Lipinski definition) is 4. The van der Waals surface area contributed by atoms with Crippen molar-refractivity contribution in [2.45, 2.75) is 13.1 Å². The molecule has 0 aliphatic rings. The van der Waals surface area contributed by atoms with Crippen molar-refractivity contribution in [3.8, 4) is 22.3 Å². The molecule has 0 spiro atoms. The van der Waals surface area contributed by atoms with Gasteiger partial charge in [0.15, 0.2) is 0 Å². The van der Waals surface area contributed by atoms with Gasteiger partial charge in [0.05, 0.1) is 11.1 Å². The van der Waals surface area contributed by atoms with E-state index in [1.165, 1.54) is 0 Å². The van der Waals surface area contributed by atoms with Crippen LogP contribution in [0.3, 0.4) is 0 Å². The number of hydrogen-bond donors (Lipinski definition) is 2. The monoisotopic (exact) mass is 710 g/mol. The molecular weight excluding hydrogens is 677 g/mol. The van der Waals surface area contributed by atoms with Crippen LogP contribution < -0.4 is 0 Å². The molecule has 0 radical (unpaired) electrons. The quantitative estimate of drug-likeness (QED) is 0.108. The van der Waals surface area contributed by atoms with Gasteiger partial charge in [-0.05, 0) is 45.5 Å². The van der Waals surface area contributed by atoms with Crippen molar-refractivity contribution in [3.05, 3.63) is 192 Å². The summed E-state index contributed by atoms with van der Waals surface area (Å²) in [5.74, 6) is -4.67. The molecule has 0 saturated heterocycles. The number of nitrogens with zero attached hydrogens (tertiary/aromatic N) is 2. The van der Waals surface area contributed by atoms with Crippen molar-refractivity contribution in [3.63, 3.8) is 0 Å². The summed E-state index contributed by atoms with van der Waals surface area (Å²) in [7, 11) is 0. The highest BCUT2D eigenvalue weighted by molar-refractivity contribution is 6.42. The Hall–Kier alpha value is -7.32. The highest BCUT2D eigenvalue weighted by Gasteiger charge is 2.22. The second kappa shape index (κ2) is 15.5. The first-order valence-electron chi connectivity index (χ1n) is 17.3. The third kappa shape index (κ3) is 7.49. The Balaban J connectivity index is 0.000000167. The lowest BCUT2D eigenvalue weighted by Gasteiger charge is -2.07. The van der Waals surface area contributed by atoms with Gasteiger partial charge in [-0.15, -0.1) is 0 Å². The number of fused-ring (bicyclic) bond motifs is 2. The maximum atomic E-state index is 12.2. The number of rotatable bonds is 10. The molecule has 2 heterocycles. The molecule has 0 amide bonds. The summed E-state index contributed by atoms with van der Waals surface area (Å²) in [6.07, 6.45) is 3.28. The zero-order valence-electron chi connectivity index (χ0n) is 29.0. The number of Topliss-reactive ketones (excluding diaryl/α,β-unsaturated/α-hetero) is 2. The second-order valence-electron chi connectivity index (χ2n) is 12.8. The van der Waals surface area contributed by atoms with Crippen molar-refractivity contribution in [2.75, 3.05) is 0 Å². The first-order chi connectivity index (χ1) is 26.3. The molecular formula is C46H34N2O6. The van der Waals surface area contributed by atoms with E-state index in [0.29, 0.717) is 23.9 Å². The predicted molar refractivity (Wildman–Crippen MR) is 210 cm³/mol. The standard InChI is InChI=1S/2C23H17NO3/c2*25-22(23(26)27)20-15-24(14-16-7-3-1-4-8-16)21-13-18(11-12-19(20)21)17-9-5-2-6-10-17/h2*1-13,15H,14H2,(H,26,27). The van der Waals surface area contributed by atoms with Crippen LogP contribution in [-0.2, 0) is 22.7 Å². The average Bonchev–Trinajstić information content (AvgIpc) is 3.76. The van der Waals surface area contributed by atoms with E-state index >= 15 is 0 Å². The molecule has 8 nitrogen and oxygen atoms in total.